The number of benzene rings is 1. The number of urea groups is 1. The van der Waals surface area contributed by atoms with Crippen LogP contribution in [-0.2, 0) is 12.7 Å². The number of anilines is 2. The Bertz CT molecular complexity index is 1300. The number of carbonyl (C=O) groups excluding carboxylic acids is 1. The van der Waals surface area contributed by atoms with Crippen molar-refractivity contribution >= 4 is 17.6 Å². The largest absolute Gasteiger partial charge is 0.433 e. The topological polar surface area (TPSA) is 96.8 Å². The van der Waals surface area contributed by atoms with Crippen LogP contribution in [0.2, 0.25) is 0 Å². The minimum atomic E-state index is -4.61. The van der Waals surface area contributed by atoms with Gasteiger partial charge in [-0.1, -0.05) is 24.3 Å². The number of aromatic nitrogens is 4. The van der Waals surface area contributed by atoms with E-state index in [0.29, 0.717) is 6.54 Å². The predicted molar refractivity (Wildman–Crippen MR) is 117 cm³/mol. The molecule has 11 heteroatoms. The van der Waals surface area contributed by atoms with Gasteiger partial charge in [0.1, 0.15) is 5.69 Å². The first-order chi connectivity index (χ1) is 16.2. The van der Waals surface area contributed by atoms with Gasteiger partial charge in [0.05, 0.1) is 0 Å². The molecular weight excluding hydrogens is 449 g/mol. The highest BCUT2D eigenvalue weighted by atomic mass is 19.4. The van der Waals surface area contributed by atoms with Crippen LogP contribution in [0.4, 0.5) is 29.5 Å². The number of carbonyl (C=O) groups is 1. The first kappa shape index (κ1) is 22.9. The number of alkyl halides is 3. The highest BCUT2D eigenvalue weighted by Gasteiger charge is 2.32. The van der Waals surface area contributed by atoms with Gasteiger partial charge in [-0.3, -0.25) is 19.8 Å². The van der Waals surface area contributed by atoms with E-state index in [0.717, 1.165) is 40.2 Å². The van der Waals surface area contributed by atoms with Crippen LogP contribution in [0.1, 0.15) is 22.5 Å². The van der Waals surface area contributed by atoms with Crippen LogP contribution in [0.3, 0.4) is 0 Å². The van der Waals surface area contributed by atoms with Crippen molar-refractivity contribution in [1.29, 1.82) is 0 Å². The molecule has 0 saturated heterocycles. The van der Waals surface area contributed by atoms with Crippen LogP contribution in [0.5, 0.6) is 0 Å². The van der Waals surface area contributed by atoms with Gasteiger partial charge in [-0.05, 0) is 47.9 Å². The van der Waals surface area contributed by atoms with Crippen molar-refractivity contribution in [2.45, 2.75) is 26.6 Å². The van der Waals surface area contributed by atoms with Crippen molar-refractivity contribution < 1.29 is 27.2 Å². The Morgan fingerprint density at radius 1 is 1.03 bits per heavy atom. The zero-order valence-corrected chi connectivity index (χ0v) is 18.2. The third-order valence-corrected chi connectivity index (χ3v) is 4.99. The molecule has 0 aliphatic carbocycles. The molecule has 3 heterocycles. The minimum Gasteiger partial charge on any atom is -0.308 e. The van der Waals surface area contributed by atoms with E-state index in [2.05, 4.69) is 25.9 Å². The molecule has 0 aliphatic heterocycles. The first-order valence-corrected chi connectivity index (χ1v) is 10.2. The van der Waals surface area contributed by atoms with Crippen LogP contribution >= 0.6 is 0 Å². The fourth-order valence-corrected chi connectivity index (χ4v) is 3.44. The maximum atomic E-state index is 12.8. The number of pyridine rings is 2. The van der Waals surface area contributed by atoms with Crippen LogP contribution in [0, 0.1) is 13.8 Å². The molecular formula is C23H20F3N6O2+. The molecule has 34 heavy (non-hydrogen) atoms. The van der Waals surface area contributed by atoms with Gasteiger partial charge in [-0.2, -0.15) is 13.2 Å². The third kappa shape index (κ3) is 5.37. The molecule has 174 valence electrons. The van der Waals surface area contributed by atoms with E-state index in [9.17, 15) is 18.0 Å². The van der Waals surface area contributed by atoms with Gasteiger partial charge in [0.15, 0.2) is 0 Å². The molecule has 4 rings (SSSR count). The molecule has 1 aromatic carbocycles. The normalized spacial score (nSPS) is 11.3. The van der Waals surface area contributed by atoms with E-state index in [4.69, 9.17) is 4.52 Å². The summed E-state index contributed by atoms with van der Waals surface area (Å²) in [6.07, 6.45) is -0.398. The average molecular weight is 469 g/mol. The molecule has 0 spiro atoms. The van der Waals surface area contributed by atoms with Crippen LogP contribution in [0.15, 0.2) is 65.6 Å². The van der Waals surface area contributed by atoms with Crippen molar-refractivity contribution in [2.75, 3.05) is 10.6 Å². The fraction of sp³-hybridized carbons (Fsp3) is 0.174. The van der Waals surface area contributed by atoms with Gasteiger partial charge >= 0.3 is 18.1 Å². The van der Waals surface area contributed by atoms with E-state index >= 15 is 0 Å². The first-order valence-electron chi connectivity index (χ1n) is 10.2. The lowest BCUT2D eigenvalue weighted by molar-refractivity contribution is -0.754. The zero-order valence-electron chi connectivity index (χ0n) is 18.2. The van der Waals surface area contributed by atoms with Crippen LogP contribution < -0.4 is 15.3 Å². The summed E-state index contributed by atoms with van der Waals surface area (Å²) in [5.74, 6) is 0.0285. The minimum absolute atomic E-state index is 0.0285. The molecule has 0 unspecified atom stereocenters. The Morgan fingerprint density at radius 3 is 2.47 bits per heavy atom. The van der Waals surface area contributed by atoms with Crippen molar-refractivity contribution in [1.82, 2.24) is 15.2 Å². The lowest BCUT2D eigenvalue weighted by Crippen LogP contribution is -2.35. The van der Waals surface area contributed by atoms with Crippen molar-refractivity contribution in [3.05, 3.63) is 83.6 Å². The molecule has 0 bridgehead atoms. The SMILES string of the molecule is Cc1ccnc(C)c1-c1ccc(C[n+]2cc(NC(=O)Nc3ccnc(C(F)(F)F)c3)on2)cc1. The number of halogens is 3. The second-order valence-corrected chi connectivity index (χ2v) is 7.56. The van der Waals surface area contributed by atoms with E-state index in [1.165, 1.54) is 16.9 Å². The number of rotatable bonds is 5. The molecule has 0 fully saturated rings. The number of nitrogens with one attached hydrogen (secondary N) is 2. The van der Waals surface area contributed by atoms with Gasteiger partial charge in [-0.25, -0.2) is 4.79 Å². The van der Waals surface area contributed by atoms with Gasteiger partial charge in [-0.15, -0.1) is 0 Å². The highest BCUT2D eigenvalue weighted by Crippen LogP contribution is 2.29. The Hall–Kier alpha value is -4.28. The monoisotopic (exact) mass is 469 g/mol. The summed E-state index contributed by atoms with van der Waals surface area (Å²) in [7, 11) is 0. The Morgan fingerprint density at radius 2 is 1.76 bits per heavy atom. The van der Waals surface area contributed by atoms with Gasteiger partial charge in [0.2, 0.25) is 11.8 Å². The summed E-state index contributed by atoms with van der Waals surface area (Å²) >= 11 is 0. The molecule has 2 N–H and O–H groups in total. The van der Waals surface area contributed by atoms with Crippen molar-refractivity contribution in [3.8, 4) is 11.1 Å². The smallest absolute Gasteiger partial charge is 0.308 e. The lowest BCUT2D eigenvalue weighted by atomic mass is 9.98. The standard InChI is InChI=1S/C23H19F3N6O2/c1-14-7-9-27-15(2)21(14)17-5-3-16(4-6-17)12-32-13-20(34-31-32)30-22(33)29-18-8-10-28-19(11-18)23(24,25)26/h3-11,13H,12H2,1-2H3,(H-,28,29,30,31,33)/p+1. The maximum absolute atomic E-state index is 12.8. The lowest BCUT2D eigenvalue weighted by Gasteiger charge is -2.09. The Labute approximate surface area is 192 Å². The summed E-state index contributed by atoms with van der Waals surface area (Å²) in [5.41, 5.74) is 4.02. The molecule has 0 aliphatic rings. The Balaban J connectivity index is 1.38. The number of hydrogen-bond donors (Lipinski definition) is 2. The van der Waals surface area contributed by atoms with E-state index in [-0.39, 0.29) is 11.6 Å². The van der Waals surface area contributed by atoms with Crippen molar-refractivity contribution in [3.63, 3.8) is 0 Å². The molecule has 4 aromatic rings. The fourth-order valence-electron chi connectivity index (χ4n) is 3.44. The predicted octanol–water partition coefficient (Wildman–Crippen LogP) is 4.75. The second kappa shape index (κ2) is 9.30. The summed E-state index contributed by atoms with van der Waals surface area (Å²) in [4.78, 5) is 19.7. The third-order valence-electron chi connectivity index (χ3n) is 4.99. The molecule has 3 aromatic heterocycles. The molecule has 0 saturated carbocycles. The van der Waals surface area contributed by atoms with Crippen LogP contribution in [0.25, 0.3) is 11.1 Å². The van der Waals surface area contributed by atoms with Gasteiger partial charge in [0, 0.05) is 34.9 Å². The van der Waals surface area contributed by atoms with E-state index < -0.39 is 17.9 Å². The zero-order chi connectivity index (χ0) is 24.3. The molecule has 8 nitrogen and oxygen atoms in total. The summed E-state index contributed by atoms with van der Waals surface area (Å²) < 4.78 is 44.8. The number of aryl methyl sites for hydroxylation is 2. The molecule has 0 radical (unpaired) electrons. The Kier molecular flexibility index (Phi) is 6.26. The van der Waals surface area contributed by atoms with E-state index in [1.807, 2.05) is 44.2 Å². The number of hydrogen-bond acceptors (Lipinski definition) is 5. The van der Waals surface area contributed by atoms with E-state index in [1.54, 1.807) is 6.20 Å². The summed E-state index contributed by atoms with van der Waals surface area (Å²) in [6.45, 7) is 4.39. The second-order valence-electron chi connectivity index (χ2n) is 7.56. The molecule has 0 atom stereocenters. The van der Waals surface area contributed by atoms with Gasteiger partial charge in [0.25, 0.3) is 6.20 Å². The van der Waals surface area contributed by atoms with Crippen molar-refractivity contribution in [2.24, 2.45) is 0 Å². The molecule has 2 amide bonds. The summed E-state index contributed by atoms with van der Waals surface area (Å²) in [5, 5.41) is 8.55. The number of amides is 2. The van der Waals surface area contributed by atoms with Gasteiger partial charge < -0.3 is 5.32 Å². The highest BCUT2D eigenvalue weighted by molar-refractivity contribution is 5.98. The number of nitrogens with zero attached hydrogens (tertiary/aromatic N) is 4. The quantitative estimate of drug-likeness (QED) is 0.412. The van der Waals surface area contributed by atoms with Crippen LogP contribution in [-0.4, -0.2) is 21.3 Å². The summed E-state index contributed by atoms with van der Waals surface area (Å²) in [6, 6.07) is 11.1. The maximum Gasteiger partial charge on any atom is 0.433 e. The average Bonchev–Trinajstić information content (AvgIpc) is 3.21.